The van der Waals surface area contributed by atoms with Crippen LogP contribution in [-0.2, 0) is 6.42 Å². The van der Waals surface area contributed by atoms with Gasteiger partial charge in [0.2, 0.25) is 0 Å². The van der Waals surface area contributed by atoms with Crippen molar-refractivity contribution in [1.82, 2.24) is 0 Å². The third-order valence-electron chi connectivity index (χ3n) is 3.65. The van der Waals surface area contributed by atoms with Crippen LogP contribution in [0.3, 0.4) is 0 Å². The molecule has 1 aliphatic rings. The Morgan fingerprint density at radius 3 is 2.61 bits per heavy atom. The molecule has 2 aromatic carbocycles. The minimum Gasteiger partial charge on any atom is -0.323 e. The zero-order valence-electron chi connectivity index (χ0n) is 9.74. The highest BCUT2D eigenvalue weighted by Crippen LogP contribution is 2.43. The van der Waals surface area contributed by atoms with E-state index in [9.17, 15) is 0 Å². The zero-order chi connectivity index (χ0) is 12.7. The number of benzene rings is 2. The number of nitrogens with two attached hydrogens (primary N) is 1. The molecule has 2 unspecified atom stereocenters. The molecule has 1 aliphatic carbocycles. The van der Waals surface area contributed by atoms with Crippen molar-refractivity contribution >= 4 is 23.2 Å². The standard InChI is InChI=1S/C15H13Cl2N/c16-10-5-6-12(14(17)8-10)15(18)13-7-9-3-1-2-4-11(9)13/h1-6,8,13,15H,7,18H2. The Morgan fingerprint density at radius 1 is 1.11 bits per heavy atom. The third kappa shape index (κ3) is 1.93. The van der Waals surface area contributed by atoms with Crippen LogP contribution in [0.15, 0.2) is 42.5 Å². The van der Waals surface area contributed by atoms with Crippen molar-refractivity contribution in [1.29, 1.82) is 0 Å². The molecular weight excluding hydrogens is 265 g/mol. The molecule has 0 saturated heterocycles. The number of rotatable bonds is 2. The number of hydrogen-bond donors (Lipinski definition) is 1. The first-order chi connectivity index (χ1) is 8.66. The van der Waals surface area contributed by atoms with Gasteiger partial charge in [-0.25, -0.2) is 0 Å². The Kier molecular flexibility index (Phi) is 3.06. The number of hydrogen-bond acceptors (Lipinski definition) is 1. The van der Waals surface area contributed by atoms with E-state index in [1.807, 2.05) is 12.1 Å². The highest BCUT2D eigenvalue weighted by atomic mass is 35.5. The maximum Gasteiger partial charge on any atom is 0.0468 e. The van der Waals surface area contributed by atoms with Gasteiger partial charge in [0.05, 0.1) is 0 Å². The fourth-order valence-corrected chi connectivity index (χ4v) is 3.14. The van der Waals surface area contributed by atoms with Crippen LogP contribution in [-0.4, -0.2) is 0 Å². The first-order valence-electron chi connectivity index (χ1n) is 5.95. The van der Waals surface area contributed by atoms with E-state index in [4.69, 9.17) is 28.9 Å². The third-order valence-corrected chi connectivity index (χ3v) is 4.21. The summed E-state index contributed by atoms with van der Waals surface area (Å²) in [6, 6.07) is 13.9. The Bertz CT molecular complexity index is 595. The summed E-state index contributed by atoms with van der Waals surface area (Å²) in [4.78, 5) is 0. The van der Waals surface area contributed by atoms with Crippen molar-refractivity contribution in [3.8, 4) is 0 Å². The van der Waals surface area contributed by atoms with Gasteiger partial charge in [-0.15, -0.1) is 0 Å². The molecule has 1 nitrogen and oxygen atoms in total. The second kappa shape index (κ2) is 4.58. The predicted octanol–water partition coefficient (Wildman–Crippen LogP) is 4.33. The van der Waals surface area contributed by atoms with Crippen molar-refractivity contribution in [2.24, 2.45) is 5.73 Å². The maximum atomic E-state index is 6.34. The highest BCUT2D eigenvalue weighted by molar-refractivity contribution is 6.35. The molecule has 0 fully saturated rings. The van der Waals surface area contributed by atoms with Crippen molar-refractivity contribution in [2.75, 3.05) is 0 Å². The smallest absolute Gasteiger partial charge is 0.0468 e. The molecule has 0 aliphatic heterocycles. The van der Waals surface area contributed by atoms with Crippen LogP contribution in [0.4, 0.5) is 0 Å². The summed E-state index contributed by atoms with van der Waals surface area (Å²) in [5.41, 5.74) is 10.0. The van der Waals surface area contributed by atoms with Gasteiger partial charge in [-0.3, -0.25) is 0 Å². The molecule has 0 saturated carbocycles. The van der Waals surface area contributed by atoms with Crippen LogP contribution in [0.5, 0.6) is 0 Å². The second-order valence-corrected chi connectivity index (χ2v) is 5.54. The lowest BCUT2D eigenvalue weighted by atomic mass is 9.72. The van der Waals surface area contributed by atoms with Crippen molar-refractivity contribution < 1.29 is 0 Å². The molecule has 18 heavy (non-hydrogen) atoms. The summed E-state index contributed by atoms with van der Waals surface area (Å²) >= 11 is 12.1. The van der Waals surface area contributed by atoms with Gasteiger partial charge < -0.3 is 5.73 Å². The topological polar surface area (TPSA) is 26.0 Å². The van der Waals surface area contributed by atoms with Crippen LogP contribution in [0.2, 0.25) is 10.0 Å². The molecule has 2 aromatic rings. The molecule has 2 atom stereocenters. The molecule has 0 aromatic heterocycles. The molecule has 0 spiro atoms. The van der Waals surface area contributed by atoms with Crippen molar-refractivity contribution in [3.05, 3.63) is 69.2 Å². The molecular formula is C15H13Cl2N. The van der Waals surface area contributed by atoms with E-state index in [0.29, 0.717) is 16.0 Å². The van der Waals surface area contributed by atoms with Gasteiger partial charge in [0.15, 0.2) is 0 Å². The first kappa shape index (κ1) is 12.0. The normalized spacial score (nSPS) is 18.9. The number of halogens is 2. The molecule has 0 heterocycles. The van der Waals surface area contributed by atoms with Crippen molar-refractivity contribution in [3.63, 3.8) is 0 Å². The largest absolute Gasteiger partial charge is 0.323 e. The molecule has 3 heteroatoms. The minimum atomic E-state index is -0.0651. The van der Waals surface area contributed by atoms with Gasteiger partial charge in [-0.2, -0.15) is 0 Å². The minimum absolute atomic E-state index is 0.0651. The Hall–Kier alpha value is -1.02. The maximum absolute atomic E-state index is 6.34. The second-order valence-electron chi connectivity index (χ2n) is 4.70. The van der Waals surface area contributed by atoms with Crippen LogP contribution in [0, 0.1) is 0 Å². The molecule has 92 valence electrons. The van der Waals surface area contributed by atoms with E-state index in [2.05, 4.69) is 24.3 Å². The molecule has 0 amide bonds. The van der Waals surface area contributed by atoms with Crippen molar-refractivity contribution in [2.45, 2.75) is 18.4 Å². The van der Waals surface area contributed by atoms with Crippen LogP contribution in [0.25, 0.3) is 0 Å². The Morgan fingerprint density at radius 2 is 1.89 bits per heavy atom. The quantitative estimate of drug-likeness (QED) is 0.869. The molecule has 2 N–H and O–H groups in total. The fourth-order valence-electron chi connectivity index (χ4n) is 2.61. The average molecular weight is 278 g/mol. The van der Waals surface area contributed by atoms with Crippen LogP contribution < -0.4 is 5.73 Å². The summed E-state index contributed by atoms with van der Waals surface area (Å²) in [6.45, 7) is 0. The van der Waals surface area contributed by atoms with Crippen LogP contribution >= 0.6 is 23.2 Å². The number of fused-ring (bicyclic) bond motifs is 1. The van der Waals surface area contributed by atoms with Gasteiger partial charge in [0, 0.05) is 22.0 Å². The van der Waals surface area contributed by atoms with Gasteiger partial charge >= 0.3 is 0 Å². The van der Waals surface area contributed by atoms with E-state index >= 15 is 0 Å². The van der Waals surface area contributed by atoms with E-state index in [0.717, 1.165) is 12.0 Å². The van der Waals surface area contributed by atoms with Crippen LogP contribution in [0.1, 0.15) is 28.7 Å². The summed E-state index contributed by atoms with van der Waals surface area (Å²) < 4.78 is 0. The highest BCUT2D eigenvalue weighted by Gasteiger charge is 2.32. The van der Waals surface area contributed by atoms with E-state index in [1.54, 1.807) is 6.07 Å². The summed E-state index contributed by atoms with van der Waals surface area (Å²) in [5, 5.41) is 1.30. The fraction of sp³-hybridized carbons (Fsp3) is 0.200. The van der Waals surface area contributed by atoms with E-state index < -0.39 is 0 Å². The Labute approximate surface area is 117 Å². The summed E-state index contributed by atoms with van der Waals surface area (Å²) in [6.07, 6.45) is 1.02. The first-order valence-corrected chi connectivity index (χ1v) is 6.71. The lowest BCUT2D eigenvalue weighted by Crippen LogP contribution is -2.29. The molecule has 0 radical (unpaired) electrons. The van der Waals surface area contributed by atoms with E-state index in [1.165, 1.54) is 11.1 Å². The van der Waals surface area contributed by atoms with Gasteiger partial charge in [-0.05, 0) is 35.2 Å². The monoisotopic (exact) mass is 277 g/mol. The van der Waals surface area contributed by atoms with Gasteiger partial charge in [0.25, 0.3) is 0 Å². The average Bonchev–Trinajstić information content (AvgIpc) is 2.30. The Balaban J connectivity index is 1.91. The van der Waals surface area contributed by atoms with E-state index in [-0.39, 0.29) is 6.04 Å². The summed E-state index contributed by atoms with van der Waals surface area (Å²) in [7, 11) is 0. The summed E-state index contributed by atoms with van der Waals surface area (Å²) in [5.74, 6) is 0.361. The lowest BCUT2D eigenvalue weighted by Gasteiger charge is -2.35. The zero-order valence-corrected chi connectivity index (χ0v) is 11.2. The predicted molar refractivity (Wildman–Crippen MR) is 76.3 cm³/mol. The molecule has 3 rings (SSSR count). The van der Waals surface area contributed by atoms with Gasteiger partial charge in [-0.1, -0.05) is 53.5 Å². The van der Waals surface area contributed by atoms with Gasteiger partial charge in [0.1, 0.15) is 0 Å². The lowest BCUT2D eigenvalue weighted by molar-refractivity contribution is 0.500. The SMILES string of the molecule is NC(c1ccc(Cl)cc1Cl)C1Cc2ccccc21. The molecule has 0 bridgehead atoms.